The van der Waals surface area contributed by atoms with E-state index in [0.717, 1.165) is 38.5 Å². The quantitative estimate of drug-likeness (QED) is 0.0272. The van der Waals surface area contributed by atoms with E-state index < -0.39 is 20.0 Å². The van der Waals surface area contributed by atoms with Crippen LogP contribution in [-0.2, 0) is 18.4 Å². The molecule has 1 amide bonds. The third kappa shape index (κ3) is 49.0. The summed E-state index contributed by atoms with van der Waals surface area (Å²) in [6.07, 6.45) is 55.7. The Bertz CT molecular complexity index is 1040. The van der Waals surface area contributed by atoms with Crippen molar-refractivity contribution in [3.05, 3.63) is 12.2 Å². The molecule has 0 aromatic heterocycles. The van der Waals surface area contributed by atoms with Crippen LogP contribution >= 0.6 is 7.82 Å². The highest BCUT2D eigenvalue weighted by atomic mass is 31.2. The standard InChI is InChI=1S/C54H109N2O6P/c1-6-8-10-12-14-16-18-20-22-23-24-25-26-27-28-29-30-31-32-33-34-35-37-39-41-43-45-47-53(57)52(51-62-63(59,60)61-50-49-56(3,4)5)55-54(58)48-46-44-42-40-38-36-21-19-17-15-13-11-9-7-2/h45,47,52-53,57H,6-44,46,48-51H2,1-5H3,(H-,55,58,59,60)/b47-45+. The highest BCUT2D eigenvalue weighted by Crippen LogP contribution is 2.38. The summed E-state index contributed by atoms with van der Waals surface area (Å²) in [7, 11) is 1.28. The molecule has 63 heavy (non-hydrogen) atoms. The van der Waals surface area contributed by atoms with Crippen LogP contribution in [0.25, 0.3) is 0 Å². The molecule has 0 aliphatic carbocycles. The van der Waals surface area contributed by atoms with E-state index in [2.05, 4.69) is 19.2 Å². The van der Waals surface area contributed by atoms with Crippen molar-refractivity contribution in [1.82, 2.24) is 5.32 Å². The van der Waals surface area contributed by atoms with E-state index in [9.17, 15) is 19.4 Å². The number of hydrogen-bond donors (Lipinski definition) is 2. The van der Waals surface area contributed by atoms with E-state index in [0.29, 0.717) is 17.4 Å². The molecule has 0 spiro atoms. The number of phosphoric acid groups is 1. The van der Waals surface area contributed by atoms with Crippen LogP contribution in [0.4, 0.5) is 0 Å². The molecule has 0 aliphatic rings. The molecular formula is C54H109N2O6P. The number of amides is 1. The number of aliphatic hydroxyl groups excluding tert-OH is 1. The van der Waals surface area contributed by atoms with Gasteiger partial charge in [0, 0.05) is 6.42 Å². The normalized spacial score (nSPS) is 14.1. The number of carbonyl (C=O) groups excluding carboxylic acids is 1. The molecule has 0 heterocycles. The summed E-state index contributed by atoms with van der Waals surface area (Å²) in [6, 6.07) is -0.881. The van der Waals surface area contributed by atoms with E-state index in [-0.39, 0.29) is 19.1 Å². The Hall–Kier alpha value is -0.760. The van der Waals surface area contributed by atoms with Crippen LogP contribution in [0, 0.1) is 0 Å². The Balaban J connectivity index is 4.15. The van der Waals surface area contributed by atoms with Crippen LogP contribution in [0.3, 0.4) is 0 Å². The molecule has 3 atom stereocenters. The SMILES string of the molecule is CCCCCCCCCCCCCCCCCCCCCCCCCCC/C=C/C(O)C(COP(=O)([O-])OCC[N+](C)(C)C)NC(=O)CCCCCCCCCCCCCCCC. The molecule has 0 saturated heterocycles. The number of hydrogen-bond acceptors (Lipinski definition) is 6. The van der Waals surface area contributed by atoms with Gasteiger partial charge in [-0.25, -0.2) is 0 Å². The Labute approximate surface area is 392 Å². The van der Waals surface area contributed by atoms with Gasteiger partial charge in [-0.15, -0.1) is 0 Å². The first-order chi connectivity index (χ1) is 30.5. The summed E-state index contributed by atoms with van der Waals surface area (Å²) in [5.74, 6) is -0.193. The van der Waals surface area contributed by atoms with Crippen molar-refractivity contribution in [2.24, 2.45) is 0 Å². The number of allylic oxidation sites excluding steroid dienone is 1. The van der Waals surface area contributed by atoms with Gasteiger partial charge in [0.2, 0.25) is 5.91 Å². The zero-order valence-corrected chi connectivity index (χ0v) is 43.7. The number of rotatable bonds is 51. The van der Waals surface area contributed by atoms with E-state index in [4.69, 9.17) is 9.05 Å². The molecule has 9 heteroatoms. The average Bonchev–Trinajstić information content (AvgIpc) is 3.24. The number of quaternary nitrogens is 1. The topological polar surface area (TPSA) is 108 Å². The summed E-state index contributed by atoms with van der Waals surface area (Å²) >= 11 is 0. The maximum Gasteiger partial charge on any atom is 0.268 e. The lowest BCUT2D eigenvalue weighted by Gasteiger charge is -2.29. The van der Waals surface area contributed by atoms with Crippen molar-refractivity contribution < 1.29 is 32.9 Å². The van der Waals surface area contributed by atoms with E-state index in [1.54, 1.807) is 6.08 Å². The van der Waals surface area contributed by atoms with E-state index in [1.165, 1.54) is 218 Å². The van der Waals surface area contributed by atoms with Gasteiger partial charge in [0.15, 0.2) is 0 Å². The molecule has 0 saturated carbocycles. The highest BCUT2D eigenvalue weighted by Gasteiger charge is 2.23. The minimum atomic E-state index is -4.59. The van der Waals surface area contributed by atoms with Crippen LogP contribution in [0.1, 0.15) is 277 Å². The fraction of sp³-hybridized carbons (Fsp3) is 0.944. The second-order valence-corrected chi connectivity index (χ2v) is 21.7. The maximum atomic E-state index is 12.9. The van der Waals surface area contributed by atoms with E-state index >= 15 is 0 Å². The number of nitrogens with one attached hydrogen (secondary N) is 1. The van der Waals surface area contributed by atoms with Crippen molar-refractivity contribution in [2.75, 3.05) is 40.9 Å². The monoisotopic (exact) mass is 913 g/mol. The Morgan fingerprint density at radius 3 is 1.19 bits per heavy atom. The Kier molecular flexibility index (Phi) is 45.8. The molecule has 0 radical (unpaired) electrons. The number of nitrogens with zero attached hydrogens (tertiary/aromatic N) is 1. The first-order valence-electron chi connectivity index (χ1n) is 27.6. The van der Waals surface area contributed by atoms with Gasteiger partial charge in [-0.2, -0.15) is 0 Å². The molecule has 0 aliphatic heterocycles. The second kappa shape index (κ2) is 46.4. The van der Waals surface area contributed by atoms with Crippen LogP contribution < -0.4 is 10.2 Å². The van der Waals surface area contributed by atoms with Gasteiger partial charge >= 0.3 is 0 Å². The summed E-state index contributed by atoms with van der Waals surface area (Å²) in [6.45, 7) is 4.69. The number of likely N-dealkylation sites (N-methyl/N-ethyl adjacent to an activating group) is 1. The van der Waals surface area contributed by atoms with Crippen molar-refractivity contribution in [3.63, 3.8) is 0 Å². The zero-order valence-electron chi connectivity index (χ0n) is 42.8. The number of carbonyl (C=O) groups is 1. The molecule has 8 nitrogen and oxygen atoms in total. The molecule has 0 aromatic carbocycles. The number of aliphatic hydroxyl groups is 1. The second-order valence-electron chi connectivity index (χ2n) is 20.3. The highest BCUT2D eigenvalue weighted by molar-refractivity contribution is 7.45. The van der Waals surface area contributed by atoms with Gasteiger partial charge in [-0.3, -0.25) is 9.36 Å². The minimum Gasteiger partial charge on any atom is -0.756 e. The lowest BCUT2D eigenvalue weighted by atomic mass is 10.0. The predicted molar refractivity (Wildman–Crippen MR) is 270 cm³/mol. The molecule has 2 N–H and O–H groups in total. The van der Waals surface area contributed by atoms with Gasteiger partial charge < -0.3 is 28.8 Å². The first kappa shape index (κ1) is 62.2. The summed E-state index contributed by atoms with van der Waals surface area (Å²) < 4.78 is 23.3. The van der Waals surface area contributed by atoms with Crippen molar-refractivity contribution in [3.8, 4) is 0 Å². The van der Waals surface area contributed by atoms with Crippen molar-refractivity contribution >= 4 is 13.7 Å². The average molecular weight is 913 g/mol. The molecule has 0 rings (SSSR count). The Morgan fingerprint density at radius 2 is 0.857 bits per heavy atom. The third-order valence-corrected chi connectivity index (χ3v) is 13.7. The van der Waals surface area contributed by atoms with Gasteiger partial charge in [-0.05, 0) is 19.3 Å². The first-order valence-corrected chi connectivity index (χ1v) is 29.0. The maximum absolute atomic E-state index is 12.9. The molecular weight excluding hydrogens is 804 g/mol. The smallest absolute Gasteiger partial charge is 0.268 e. The predicted octanol–water partition coefficient (Wildman–Crippen LogP) is 15.6. The van der Waals surface area contributed by atoms with Crippen LogP contribution in [0.5, 0.6) is 0 Å². The molecule has 0 aromatic rings. The third-order valence-electron chi connectivity index (χ3n) is 12.7. The van der Waals surface area contributed by atoms with Gasteiger partial charge in [-0.1, -0.05) is 264 Å². The summed E-state index contributed by atoms with van der Waals surface area (Å²) in [4.78, 5) is 25.4. The minimum absolute atomic E-state index is 0.00248. The molecule has 376 valence electrons. The van der Waals surface area contributed by atoms with Gasteiger partial charge in [0.1, 0.15) is 13.2 Å². The van der Waals surface area contributed by atoms with Crippen molar-refractivity contribution in [1.29, 1.82) is 0 Å². The van der Waals surface area contributed by atoms with Gasteiger partial charge in [0.25, 0.3) is 7.82 Å². The van der Waals surface area contributed by atoms with Crippen LogP contribution in [0.2, 0.25) is 0 Å². The molecule has 0 bridgehead atoms. The lowest BCUT2D eigenvalue weighted by Crippen LogP contribution is -2.45. The zero-order chi connectivity index (χ0) is 46.4. The molecule has 0 fully saturated rings. The van der Waals surface area contributed by atoms with Crippen LogP contribution in [0.15, 0.2) is 12.2 Å². The number of unbranched alkanes of at least 4 members (excludes halogenated alkanes) is 38. The Morgan fingerprint density at radius 1 is 0.540 bits per heavy atom. The number of phosphoric ester groups is 1. The summed E-state index contributed by atoms with van der Waals surface area (Å²) in [5, 5.41) is 13.9. The summed E-state index contributed by atoms with van der Waals surface area (Å²) in [5.41, 5.74) is 0. The lowest BCUT2D eigenvalue weighted by molar-refractivity contribution is -0.870. The largest absolute Gasteiger partial charge is 0.756 e. The fourth-order valence-corrected chi connectivity index (χ4v) is 9.11. The fourth-order valence-electron chi connectivity index (χ4n) is 8.39. The van der Waals surface area contributed by atoms with Crippen LogP contribution in [-0.4, -0.2) is 68.5 Å². The van der Waals surface area contributed by atoms with Crippen molar-refractivity contribution in [2.45, 2.75) is 289 Å². The van der Waals surface area contributed by atoms with Gasteiger partial charge in [0.05, 0.1) is 39.9 Å². The van der Waals surface area contributed by atoms with E-state index in [1.807, 2.05) is 27.2 Å². The molecule has 3 unspecified atom stereocenters.